The monoisotopic (exact) mass is 316 g/mol. The van der Waals surface area contributed by atoms with Crippen molar-refractivity contribution in [3.8, 4) is 0 Å². The molecule has 0 saturated heterocycles. The van der Waals surface area contributed by atoms with E-state index in [9.17, 15) is 17.6 Å². The van der Waals surface area contributed by atoms with E-state index in [-0.39, 0.29) is 11.3 Å². The lowest BCUT2D eigenvalue weighted by molar-refractivity contribution is -0.131. The number of anilines is 1. The van der Waals surface area contributed by atoms with Crippen LogP contribution in [0.2, 0.25) is 0 Å². The summed E-state index contributed by atoms with van der Waals surface area (Å²) in [7, 11) is -3.82. The van der Waals surface area contributed by atoms with Gasteiger partial charge in [0, 0.05) is 17.2 Å². The fourth-order valence-corrected chi connectivity index (χ4v) is 2.77. The molecule has 8 heteroatoms. The molecule has 0 radical (unpaired) electrons. The van der Waals surface area contributed by atoms with Gasteiger partial charge >= 0.3 is 5.97 Å². The maximum atomic E-state index is 13.5. The Labute approximate surface area is 122 Å². The molecule has 0 aliphatic carbocycles. The number of nitrogens with one attached hydrogen (secondary N) is 2. The summed E-state index contributed by atoms with van der Waals surface area (Å²) in [6.45, 7) is 5.04. The quantitative estimate of drug-likeness (QED) is 0.724. The third-order valence-electron chi connectivity index (χ3n) is 2.09. The van der Waals surface area contributed by atoms with Gasteiger partial charge in [-0.3, -0.25) is 4.72 Å². The van der Waals surface area contributed by atoms with Crippen molar-refractivity contribution in [3.63, 3.8) is 0 Å². The van der Waals surface area contributed by atoms with Gasteiger partial charge in [-0.15, -0.1) is 0 Å². The Bertz CT molecular complexity index is 663. The number of halogens is 1. The largest absolute Gasteiger partial charge is 0.478 e. The standard InChI is InChI=1S/C13H17FN2O4S/c1-13(2,3)16-21(19,20)15-10-5-6-11(14)9(8-10)4-7-12(17)18/h4-8,15-16H,1-3H3,(H,17,18)/b7-4+. The maximum absolute atomic E-state index is 13.5. The van der Waals surface area contributed by atoms with Crippen molar-refractivity contribution >= 4 is 27.9 Å². The van der Waals surface area contributed by atoms with Gasteiger partial charge in [0.15, 0.2) is 0 Å². The molecule has 116 valence electrons. The third kappa shape index (κ3) is 6.37. The molecule has 0 aliphatic heterocycles. The van der Waals surface area contributed by atoms with E-state index in [2.05, 4.69) is 9.44 Å². The van der Waals surface area contributed by atoms with E-state index in [1.54, 1.807) is 20.8 Å². The lowest BCUT2D eigenvalue weighted by Gasteiger charge is -2.21. The van der Waals surface area contributed by atoms with E-state index >= 15 is 0 Å². The van der Waals surface area contributed by atoms with Gasteiger partial charge in [0.05, 0.1) is 5.69 Å². The van der Waals surface area contributed by atoms with Crippen LogP contribution in [0.3, 0.4) is 0 Å². The van der Waals surface area contributed by atoms with Crippen molar-refractivity contribution in [2.24, 2.45) is 0 Å². The highest BCUT2D eigenvalue weighted by atomic mass is 32.2. The SMILES string of the molecule is CC(C)(C)NS(=O)(=O)Nc1ccc(F)c(/C=C/C(=O)O)c1. The zero-order valence-corrected chi connectivity index (χ0v) is 12.7. The van der Waals surface area contributed by atoms with Crippen molar-refractivity contribution in [1.82, 2.24) is 4.72 Å². The summed E-state index contributed by atoms with van der Waals surface area (Å²) in [5.74, 6) is -1.88. The molecular weight excluding hydrogens is 299 g/mol. The van der Waals surface area contributed by atoms with Crippen LogP contribution in [-0.4, -0.2) is 25.0 Å². The maximum Gasteiger partial charge on any atom is 0.328 e. The summed E-state index contributed by atoms with van der Waals surface area (Å²) < 4.78 is 41.8. The Kier molecular flexibility index (Phi) is 5.08. The predicted octanol–water partition coefficient (Wildman–Crippen LogP) is 1.97. The smallest absolute Gasteiger partial charge is 0.328 e. The molecule has 0 atom stereocenters. The van der Waals surface area contributed by atoms with E-state index in [0.29, 0.717) is 0 Å². The minimum Gasteiger partial charge on any atom is -0.478 e. The van der Waals surface area contributed by atoms with E-state index < -0.39 is 27.5 Å². The van der Waals surface area contributed by atoms with Gasteiger partial charge in [-0.2, -0.15) is 13.1 Å². The number of benzene rings is 1. The number of hydrogen-bond acceptors (Lipinski definition) is 3. The highest BCUT2D eigenvalue weighted by molar-refractivity contribution is 7.90. The highest BCUT2D eigenvalue weighted by Gasteiger charge is 2.19. The van der Waals surface area contributed by atoms with Crippen molar-refractivity contribution in [2.75, 3.05) is 4.72 Å². The summed E-state index contributed by atoms with van der Waals surface area (Å²) in [6, 6.07) is 3.50. The third-order valence-corrected chi connectivity index (χ3v) is 3.48. The first-order valence-electron chi connectivity index (χ1n) is 6.01. The summed E-state index contributed by atoms with van der Waals surface area (Å²) in [5.41, 5.74) is -0.579. The molecule has 0 unspecified atom stereocenters. The van der Waals surface area contributed by atoms with Crippen LogP contribution in [0, 0.1) is 5.82 Å². The van der Waals surface area contributed by atoms with Crippen LogP contribution >= 0.6 is 0 Å². The second kappa shape index (κ2) is 6.23. The summed E-state index contributed by atoms with van der Waals surface area (Å²) >= 11 is 0. The number of carbonyl (C=O) groups is 1. The van der Waals surface area contributed by atoms with E-state index in [4.69, 9.17) is 5.11 Å². The fraction of sp³-hybridized carbons (Fsp3) is 0.308. The molecule has 0 fully saturated rings. The molecule has 1 aromatic rings. The Morgan fingerprint density at radius 1 is 1.33 bits per heavy atom. The number of carboxylic acid groups (broad SMARTS) is 1. The molecule has 6 nitrogen and oxygen atoms in total. The highest BCUT2D eigenvalue weighted by Crippen LogP contribution is 2.17. The van der Waals surface area contributed by atoms with Gasteiger partial charge in [-0.05, 0) is 45.0 Å². The molecule has 1 aromatic carbocycles. The van der Waals surface area contributed by atoms with Crippen molar-refractivity contribution in [2.45, 2.75) is 26.3 Å². The number of aliphatic carboxylic acids is 1. The van der Waals surface area contributed by atoms with Crippen LogP contribution in [0.1, 0.15) is 26.3 Å². The Morgan fingerprint density at radius 3 is 2.48 bits per heavy atom. The van der Waals surface area contributed by atoms with Crippen molar-refractivity contribution in [1.29, 1.82) is 0 Å². The summed E-state index contributed by atoms with van der Waals surface area (Å²) in [5, 5.41) is 8.52. The molecule has 0 bridgehead atoms. The number of hydrogen-bond donors (Lipinski definition) is 3. The molecule has 0 aliphatic rings. The van der Waals surface area contributed by atoms with Gasteiger partial charge in [-0.25, -0.2) is 9.18 Å². The fourth-order valence-electron chi connectivity index (χ4n) is 1.48. The van der Waals surface area contributed by atoms with Crippen LogP contribution in [-0.2, 0) is 15.0 Å². The first kappa shape index (κ1) is 17.1. The molecular formula is C13H17FN2O4S. The molecule has 0 saturated carbocycles. The first-order chi connectivity index (χ1) is 9.48. The lowest BCUT2D eigenvalue weighted by atomic mass is 10.1. The Morgan fingerprint density at radius 2 is 1.95 bits per heavy atom. The topological polar surface area (TPSA) is 95.5 Å². The van der Waals surface area contributed by atoms with Crippen molar-refractivity contribution < 1.29 is 22.7 Å². The molecule has 21 heavy (non-hydrogen) atoms. The zero-order chi connectivity index (χ0) is 16.3. The van der Waals surface area contributed by atoms with E-state index in [1.165, 1.54) is 12.1 Å². The van der Waals surface area contributed by atoms with Crippen LogP contribution < -0.4 is 9.44 Å². The van der Waals surface area contributed by atoms with Gasteiger partial charge < -0.3 is 5.11 Å². The normalized spacial score (nSPS) is 12.6. The average Bonchev–Trinajstić information content (AvgIpc) is 2.26. The average molecular weight is 316 g/mol. The van der Waals surface area contributed by atoms with Gasteiger partial charge in [-0.1, -0.05) is 0 Å². The lowest BCUT2D eigenvalue weighted by Crippen LogP contribution is -2.43. The predicted molar refractivity (Wildman–Crippen MR) is 78.5 cm³/mol. The van der Waals surface area contributed by atoms with Crippen LogP contribution in [0.5, 0.6) is 0 Å². The summed E-state index contributed by atoms with van der Waals surface area (Å²) in [6.07, 6.45) is 1.82. The van der Waals surface area contributed by atoms with Gasteiger partial charge in [0.1, 0.15) is 5.82 Å². The Balaban J connectivity index is 3.00. The molecule has 0 aromatic heterocycles. The molecule has 1 rings (SSSR count). The van der Waals surface area contributed by atoms with Crippen molar-refractivity contribution in [3.05, 3.63) is 35.7 Å². The van der Waals surface area contributed by atoms with Crippen LogP contribution in [0.15, 0.2) is 24.3 Å². The van der Waals surface area contributed by atoms with Gasteiger partial charge in [0.2, 0.25) is 0 Å². The summed E-state index contributed by atoms with van der Waals surface area (Å²) in [4.78, 5) is 10.4. The van der Waals surface area contributed by atoms with Crippen LogP contribution in [0.25, 0.3) is 6.08 Å². The molecule has 0 amide bonds. The Hall–Kier alpha value is -1.93. The van der Waals surface area contributed by atoms with Crippen LogP contribution in [0.4, 0.5) is 10.1 Å². The second-order valence-corrected chi connectivity index (χ2v) is 6.78. The molecule has 3 N–H and O–H groups in total. The van der Waals surface area contributed by atoms with E-state index in [1.807, 2.05) is 0 Å². The minimum atomic E-state index is -3.82. The minimum absolute atomic E-state index is 0.0339. The molecule has 0 heterocycles. The first-order valence-corrected chi connectivity index (χ1v) is 7.49. The molecule has 0 spiro atoms. The second-order valence-electron chi connectivity index (χ2n) is 5.37. The zero-order valence-electron chi connectivity index (χ0n) is 11.8. The van der Waals surface area contributed by atoms with Gasteiger partial charge in [0.25, 0.3) is 10.2 Å². The van der Waals surface area contributed by atoms with E-state index in [0.717, 1.165) is 18.2 Å². The number of carboxylic acids is 1. The number of rotatable bonds is 5.